The van der Waals surface area contributed by atoms with Gasteiger partial charge in [-0.1, -0.05) is 0 Å². The summed E-state index contributed by atoms with van der Waals surface area (Å²) in [4.78, 5) is 25.6. The van der Waals surface area contributed by atoms with Gasteiger partial charge in [0.1, 0.15) is 6.33 Å². The third-order valence-corrected chi connectivity index (χ3v) is 4.99. The van der Waals surface area contributed by atoms with E-state index in [0.29, 0.717) is 28.8 Å². The van der Waals surface area contributed by atoms with E-state index in [4.69, 9.17) is 0 Å². The Labute approximate surface area is 162 Å². The summed E-state index contributed by atoms with van der Waals surface area (Å²) in [7, 11) is 0. The Kier molecular flexibility index (Phi) is 4.23. The number of carbonyl (C=O) groups is 1. The van der Waals surface area contributed by atoms with Gasteiger partial charge >= 0.3 is 0 Å². The fourth-order valence-electron chi connectivity index (χ4n) is 3.14. The summed E-state index contributed by atoms with van der Waals surface area (Å²) < 4.78 is 1.89. The molecular formula is C20H21N7O. The van der Waals surface area contributed by atoms with Crippen molar-refractivity contribution in [1.29, 1.82) is 0 Å². The summed E-state index contributed by atoms with van der Waals surface area (Å²) in [6.07, 6.45) is 11.5. The first kappa shape index (κ1) is 16.9. The molecule has 0 spiro atoms. The molecule has 0 aliphatic heterocycles. The molecule has 5 rings (SSSR count). The Hall–Kier alpha value is -3.29. The molecule has 2 aliphatic rings. The highest BCUT2D eigenvalue weighted by molar-refractivity contribution is 6.06. The fraction of sp³-hybridized carbons (Fsp3) is 0.350. The molecule has 2 saturated carbocycles. The monoisotopic (exact) mass is 375 g/mol. The van der Waals surface area contributed by atoms with E-state index >= 15 is 0 Å². The molecule has 2 aliphatic carbocycles. The maximum atomic E-state index is 13.0. The molecular weight excluding hydrogens is 354 g/mol. The summed E-state index contributed by atoms with van der Waals surface area (Å²) in [5.74, 6) is 1.44. The second-order valence-electron chi connectivity index (χ2n) is 7.48. The van der Waals surface area contributed by atoms with Gasteiger partial charge in [0, 0.05) is 30.4 Å². The lowest BCUT2D eigenvalue weighted by Gasteiger charge is -2.12. The van der Waals surface area contributed by atoms with Gasteiger partial charge < -0.3 is 10.6 Å². The van der Waals surface area contributed by atoms with Crippen LogP contribution in [-0.4, -0.2) is 30.6 Å². The number of amides is 1. The highest BCUT2D eigenvalue weighted by Crippen LogP contribution is 2.39. The maximum absolute atomic E-state index is 13.0. The van der Waals surface area contributed by atoms with E-state index in [1.807, 2.05) is 29.1 Å². The van der Waals surface area contributed by atoms with E-state index in [1.165, 1.54) is 19.2 Å². The SMILES string of the molecule is O=C(Nc1ccn(CC2CC2)n1)c1nc(C2CC2)ccc1Nc1cncnc1. The number of carbonyl (C=O) groups excluding carboxylic acids is 1. The van der Waals surface area contributed by atoms with Crippen LogP contribution in [0.4, 0.5) is 17.2 Å². The number of hydrogen-bond donors (Lipinski definition) is 2. The Balaban J connectivity index is 1.38. The summed E-state index contributed by atoms with van der Waals surface area (Å²) in [6, 6.07) is 5.70. The Morgan fingerprint density at radius 3 is 2.68 bits per heavy atom. The topological polar surface area (TPSA) is 97.6 Å². The third-order valence-electron chi connectivity index (χ3n) is 4.99. The van der Waals surface area contributed by atoms with Crippen LogP contribution in [0.1, 0.15) is 47.8 Å². The second kappa shape index (κ2) is 7.03. The number of hydrogen-bond acceptors (Lipinski definition) is 6. The number of pyridine rings is 1. The van der Waals surface area contributed by atoms with E-state index in [2.05, 4.69) is 30.7 Å². The van der Waals surface area contributed by atoms with Gasteiger partial charge in [-0.25, -0.2) is 15.0 Å². The van der Waals surface area contributed by atoms with Crippen molar-refractivity contribution in [3.05, 3.63) is 54.5 Å². The van der Waals surface area contributed by atoms with Crippen molar-refractivity contribution in [2.24, 2.45) is 5.92 Å². The van der Waals surface area contributed by atoms with Crippen LogP contribution < -0.4 is 10.6 Å². The molecule has 0 saturated heterocycles. The highest BCUT2D eigenvalue weighted by Gasteiger charge is 2.27. The standard InChI is InChI=1S/C20H21N7O/c28-20(25-18-7-8-27(26-18)11-13-1-2-13)19-17(23-15-9-21-12-22-10-15)6-5-16(24-19)14-3-4-14/h5-10,12-14,23H,1-4,11H2,(H,25,26,28). The van der Waals surface area contributed by atoms with Gasteiger partial charge in [0.25, 0.3) is 5.91 Å². The number of rotatable bonds is 7. The van der Waals surface area contributed by atoms with Crippen molar-refractivity contribution in [2.75, 3.05) is 10.6 Å². The first-order chi connectivity index (χ1) is 13.7. The number of anilines is 3. The van der Waals surface area contributed by atoms with Crippen molar-refractivity contribution >= 4 is 23.1 Å². The Morgan fingerprint density at radius 2 is 1.93 bits per heavy atom. The normalized spacial score (nSPS) is 16.0. The fourth-order valence-corrected chi connectivity index (χ4v) is 3.14. The zero-order chi connectivity index (χ0) is 18.9. The highest BCUT2D eigenvalue weighted by atomic mass is 16.2. The van der Waals surface area contributed by atoms with E-state index < -0.39 is 0 Å². The molecule has 3 aromatic heterocycles. The smallest absolute Gasteiger partial charge is 0.277 e. The quantitative estimate of drug-likeness (QED) is 0.657. The molecule has 0 radical (unpaired) electrons. The van der Waals surface area contributed by atoms with Gasteiger partial charge in [-0.05, 0) is 43.7 Å². The molecule has 0 bridgehead atoms. The van der Waals surface area contributed by atoms with Crippen LogP contribution in [0.25, 0.3) is 0 Å². The first-order valence-electron chi connectivity index (χ1n) is 9.62. The van der Waals surface area contributed by atoms with Crippen LogP contribution >= 0.6 is 0 Å². The minimum Gasteiger partial charge on any atom is -0.351 e. The summed E-state index contributed by atoms with van der Waals surface area (Å²) in [6.45, 7) is 0.909. The Morgan fingerprint density at radius 1 is 1.11 bits per heavy atom. The predicted octanol–water partition coefficient (Wildman–Crippen LogP) is 3.35. The number of nitrogens with one attached hydrogen (secondary N) is 2. The average Bonchev–Trinajstić information content (AvgIpc) is 3.63. The first-order valence-corrected chi connectivity index (χ1v) is 9.62. The zero-order valence-electron chi connectivity index (χ0n) is 15.4. The van der Waals surface area contributed by atoms with Gasteiger partial charge in [0.15, 0.2) is 11.5 Å². The summed E-state index contributed by atoms with van der Waals surface area (Å²) in [5.41, 5.74) is 2.63. The van der Waals surface area contributed by atoms with Crippen LogP contribution in [0, 0.1) is 5.92 Å². The minimum atomic E-state index is -0.279. The second-order valence-corrected chi connectivity index (χ2v) is 7.48. The van der Waals surface area contributed by atoms with Gasteiger partial charge in [-0.3, -0.25) is 9.48 Å². The van der Waals surface area contributed by atoms with Gasteiger partial charge in [-0.2, -0.15) is 5.10 Å². The average molecular weight is 375 g/mol. The van der Waals surface area contributed by atoms with Crippen LogP contribution in [0.3, 0.4) is 0 Å². The molecule has 2 fully saturated rings. The van der Waals surface area contributed by atoms with Crippen LogP contribution in [0.2, 0.25) is 0 Å². The molecule has 3 heterocycles. The van der Waals surface area contributed by atoms with E-state index in [1.54, 1.807) is 12.4 Å². The predicted molar refractivity (Wildman–Crippen MR) is 104 cm³/mol. The summed E-state index contributed by atoms with van der Waals surface area (Å²) in [5, 5.41) is 10.5. The largest absolute Gasteiger partial charge is 0.351 e. The van der Waals surface area contributed by atoms with E-state index in [0.717, 1.165) is 31.0 Å². The van der Waals surface area contributed by atoms with Crippen LogP contribution in [-0.2, 0) is 6.54 Å². The molecule has 0 unspecified atom stereocenters. The summed E-state index contributed by atoms with van der Waals surface area (Å²) >= 11 is 0. The van der Waals surface area contributed by atoms with Crippen molar-refractivity contribution in [1.82, 2.24) is 24.7 Å². The third kappa shape index (κ3) is 3.85. The van der Waals surface area contributed by atoms with Gasteiger partial charge in [-0.15, -0.1) is 0 Å². The van der Waals surface area contributed by atoms with E-state index in [9.17, 15) is 4.79 Å². The molecule has 0 aromatic carbocycles. The number of aromatic nitrogens is 5. The lowest BCUT2D eigenvalue weighted by Crippen LogP contribution is -2.17. The van der Waals surface area contributed by atoms with E-state index in [-0.39, 0.29) is 5.91 Å². The van der Waals surface area contributed by atoms with Crippen LogP contribution in [0.5, 0.6) is 0 Å². The lowest BCUT2D eigenvalue weighted by atomic mass is 10.2. The van der Waals surface area contributed by atoms with Crippen molar-refractivity contribution in [3.63, 3.8) is 0 Å². The van der Waals surface area contributed by atoms with Crippen LogP contribution in [0.15, 0.2) is 43.1 Å². The molecule has 1 amide bonds. The molecule has 28 heavy (non-hydrogen) atoms. The number of nitrogens with zero attached hydrogens (tertiary/aromatic N) is 5. The molecule has 142 valence electrons. The van der Waals surface area contributed by atoms with Crippen molar-refractivity contribution < 1.29 is 4.79 Å². The zero-order valence-corrected chi connectivity index (χ0v) is 15.4. The maximum Gasteiger partial charge on any atom is 0.277 e. The minimum absolute atomic E-state index is 0.279. The molecule has 2 N–H and O–H groups in total. The van der Waals surface area contributed by atoms with Gasteiger partial charge in [0.05, 0.1) is 23.8 Å². The van der Waals surface area contributed by atoms with Gasteiger partial charge in [0.2, 0.25) is 0 Å². The van der Waals surface area contributed by atoms with Crippen molar-refractivity contribution in [3.8, 4) is 0 Å². The Bertz CT molecular complexity index is 993. The molecule has 8 nitrogen and oxygen atoms in total. The lowest BCUT2D eigenvalue weighted by molar-refractivity contribution is 0.102. The molecule has 8 heteroatoms. The van der Waals surface area contributed by atoms with Crippen molar-refractivity contribution in [2.45, 2.75) is 38.1 Å². The molecule has 0 atom stereocenters. The molecule has 3 aromatic rings.